The van der Waals surface area contributed by atoms with Gasteiger partial charge in [-0.25, -0.2) is 8.78 Å². The van der Waals surface area contributed by atoms with Crippen molar-refractivity contribution in [2.24, 2.45) is 0 Å². The third-order valence-corrected chi connectivity index (χ3v) is 1.79. The predicted molar refractivity (Wildman–Crippen MR) is 50.4 cm³/mol. The lowest BCUT2D eigenvalue weighted by atomic mass is 10.1. The van der Waals surface area contributed by atoms with Crippen LogP contribution in [0.25, 0.3) is 0 Å². The second-order valence-corrected chi connectivity index (χ2v) is 3.12. The highest BCUT2D eigenvalue weighted by molar-refractivity contribution is 5.58. The number of halogens is 5. The fourth-order valence-electron chi connectivity index (χ4n) is 1.12. The average Bonchev–Trinajstić information content (AvgIpc) is 2.14. The summed E-state index contributed by atoms with van der Waals surface area (Å²) in [6, 6.07) is 3.30. The van der Waals surface area contributed by atoms with Gasteiger partial charge in [0.2, 0.25) is 0 Å². The van der Waals surface area contributed by atoms with Gasteiger partial charge < -0.3 is 11.1 Å². The van der Waals surface area contributed by atoms with Gasteiger partial charge in [-0.3, -0.25) is 0 Å². The number of rotatable bonds is 3. The highest BCUT2D eigenvalue weighted by Gasteiger charge is 2.27. The molecule has 0 spiro atoms. The third-order valence-electron chi connectivity index (χ3n) is 1.79. The van der Waals surface area contributed by atoms with Gasteiger partial charge in [0.15, 0.2) is 0 Å². The summed E-state index contributed by atoms with van der Waals surface area (Å²) in [5.41, 5.74) is 4.54. The van der Waals surface area contributed by atoms with E-state index >= 15 is 0 Å². The van der Waals surface area contributed by atoms with Gasteiger partial charge in [-0.2, -0.15) is 13.2 Å². The molecule has 1 aromatic carbocycles. The Morgan fingerprint density at radius 3 is 2.38 bits per heavy atom. The van der Waals surface area contributed by atoms with Crippen molar-refractivity contribution in [3.8, 4) is 0 Å². The number of benzene rings is 1. The molecule has 0 aromatic heterocycles. The lowest BCUT2D eigenvalue weighted by molar-refractivity contribution is -0.115. The SMILES string of the molecule is Nc1ccc(NCC(F)(F)F)c(C(F)F)c1. The second kappa shape index (κ2) is 4.54. The summed E-state index contributed by atoms with van der Waals surface area (Å²) in [6.45, 7) is -1.36. The monoisotopic (exact) mass is 240 g/mol. The number of nitrogens with two attached hydrogens (primary N) is 1. The van der Waals surface area contributed by atoms with E-state index in [9.17, 15) is 22.0 Å². The number of anilines is 2. The van der Waals surface area contributed by atoms with Crippen molar-refractivity contribution >= 4 is 11.4 Å². The van der Waals surface area contributed by atoms with E-state index in [-0.39, 0.29) is 11.4 Å². The van der Waals surface area contributed by atoms with Crippen LogP contribution >= 0.6 is 0 Å². The number of alkyl halides is 5. The van der Waals surface area contributed by atoms with Crippen LogP contribution in [0.5, 0.6) is 0 Å². The first-order valence-electron chi connectivity index (χ1n) is 4.28. The first-order chi connectivity index (χ1) is 7.29. The largest absolute Gasteiger partial charge is 0.405 e. The average molecular weight is 240 g/mol. The van der Waals surface area contributed by atoms with E-state index in [1.54, 1.807) is 0 Å². The minimum atomic E-state index is -4.46. The Morgan fingerprint density at radius 1 is 1.25 bits per heavy atom. The van der Waals surface area contributed by atoms with Crippen molar-refractivity contribution in [3.05, 3.63) is 23.8 Å². The summed E-state index contributed by atoms with van der Waals surface area (Å²) in [7, 11) is 0. The standard InChI is InChI=1S/C9H9F5N2/c10-8(11)6-3-5(15)1-2-7(6)16-4-9(12,13)14/h1-3,8,16H,4,15H2. The van der Waals surface area contributed by atoms with Gasteiger partial charge in [-0.15, -0.1) is 0 Å². The highest BCUT2D eigenvalue weighted by atomic mass is 19.4. The zero-order valence-corrected chi connectivity index (χ0v) is 7.98. The summed E-state index contributed by atoms with van der Waals surface area (Å²) >= 11 is 0. The Morgan fingerprint density at radius 2 is 1.88 bits per heavy atom. The quantitative estimate of drug-likeness (QED) is 0.629. The van der Waals surface area contributed by atoms with Crippen LogP contribution in [-0.4, -0.2) is 12.7 Å². The van der Waals surface area contributed by atoms with Gasteiger partial charge in [-0.1, -0.05) is 0 Å². The minimum absolute atomic E-state index is 0.0767. The van der Waals surface area contributed by atoms with Crippen LogP contribution in [0.1, 0.15) is 12.0 Å². The Kier molecular flexibility index (Phi) is 3.56. The first-order valence-corrected chi connectivity index (χ1v) is 4.28. The second-order valence-electron chi connectivity index (χ2n) is 3.12. The van der Waals surface area contributed by atoms with Gasteiger partial charge in [0.1, 0.15) is 6.54 Å². The van der Waals surface area contributed by atoms with E-state index in [1.165, 1.54) is 6.07 Å². The molecule has 0 atom stereocenters. The summed E-state index contributed by atoms with van der Waals surface area (Å²) in [4.78, 5) is 0. The molecule has 0 aliphatic heterocycles. The van der Waals surface area contributed by atoms with Gasteiger partial charge in [-0.05, 0) is 18.2 Å². The molecule has 7 heteroatoms. The van der Waals surface area contributed by atoms with E-state index in [4.69, 9.17) is 5.73 Å². The molecule has 16 heavy (non-hydrogen) atoms. The zero-order chi connectivity index (χ0) is 12.3. The lowest BCUT2D eigenvalue weighted by Crippen LogP contribution is -2.22. The number of nitrogen functional groups attached to an aromatic ring is 1. The molecule has 0 aliphatic rings. The fourth-order valence-corrected chi connectivity index (χ4v) is 1.12. The Labute approximate surface area is 88.2 Å². The van der Waals surface area contributed by atoms with Crippen molar-refractivity contribution in [2.75, 3.05) is 17.6 Å². The summed E-state index contributed by atoms with van der Waals surface area (Å²) < 4.78 is 60.5. The van der Waals surface area contributed by atoms with Crippen molar-refractivity contribution in [1.29, 1.82) is 0 Å². The van der Waals surface area contributed by atoms with Gasteiger partial charge in [0, 0.05) is 16.9 Å². The molecule has 90 valence electrons. The van der Waals surface area contributed by atoms with Crippen LogP contribution in [-0.2, 0) is 0 Å². The first kappa shape index (κ1) is 12.5. The topological polar surface area (TPSA) is 38.0 Å². The molecule has 0 unspecified atom stereocenters. The molecule has 0 heterocycles. The molecule has 2 nitrogen and oxygen atoms in total. The smallest absolute Gasteiger partial charge is 0.399 e. The maximum Gasteiger partial charge on any atom is 0.405 e. The van der Waals surface area contributed by atoms with Crippen LogP contribution in [0, 0.1) is 0 Å². The van der Waals surface area contributed by atoms with Crippen molar-refractivity contribution in [3.63, 3.8) is 0 Å². The van der Waals surface area contributed by atoms with E-state index in [1.807, 2.05) is 5.32 Å². The fraction of sp³-hybridized carbons (Fsp3) is 0.333. The molecule has 0 amide bonds. The Balaban J connectivity index is 2.87. The molecule has 0 bridgehead atoms. The molecule has 0 aliphatic carbocycles. The molecular weight excluding hydrogens is 231 g/mol. The Hall–Kier alpha value is -1.53. The third kappa shape index (κ3) is 3.56. The molecule has 1 rings (SSSR count). The van der Waals surface area contributed by atoms with Crippen LogP contribution in [0.4, 0.5) is 33.3 Å². The minimum Gasteiger partial charge on any atom is -0.399 e. The number of hydrogen-bond acceptors (Lipinski definition) is 2. The molecule has 3 N–H and O–H groups in total. The predicted octanol–water partition coefficient (Wildman–Crippen LogP) is 3.18. The van der Waals surface area contributed by atoms with Gasteiger partial charge >= 0.3 is 6.18 Å². The van der Waals surface area contributed by atoms with Crippen LogP contribution in [0.2, 0.25) is 0 Å². The van der Waals surface area contributed by atoms with Crippen molar-refractivity contribution in [1.82, 2.24) is 0 Å². The van der Waals surface area contributed by atoms with E-state index < -0.39 is 24.7 Å². The van der Waals surface area contributed by atoms with Crippen molar-refractivity contribution < 1.29 is 22.0 Å². The van der Waals surface area contributed by atoms with E-state index in [0.717, 1.165) is 12.1 Å². The van der Waals surface area contributed by atoms with E-state index in [0.29, 0.717) is 0 Å². The molecule has 1 aromatic rings. The molecule has 0 saturated carbocycles. The van der Waals surface area contributed by atoms with Crippen LogP contribution in [0.3, 0.4) is 0 Å². The Bertz CT molecular complexity index is 361. The molecule has 0 radical (unpaired) electrons. The molecule has 0 saturated heterocycles. The molecular formula is C9H9F5N2. The van der Waals surface area contributed by atoms with Crippen LogP contribution in [0.15, 0.2) is 18.2 Å². The lowest BCUT2D eigenvalue weighted by Gasteiger charge is -2.13. The maximum absolute atomic E-state index is 12.5. The zero-order valence-electron chi connectivity index (χ0n) is 7.98. The van der Waals surface area contributed by atoms with Gasteiger partial charge in [0.05, 0.1) is 0 Å². The number of hydrogen-bond donors (Lipinski definition) is 2. The van der Waals surface area contributed by atoms with E-state index in [2.05, 4.69) is 0 Å². The van der Waals surface area contributed by atoms with Crippen molar-refractivity contribution in [2.45, 2.75) is 12.6 Å². The maximum atomic E-state index is 12.5. The highest BCUT2D eigenvalue weighted by Crippen LogP contribution is 2.29. The normalized spacial score (nSPS) is 11.9. The molecule has 0 fully saturated rings. The van der Waals surface area contributed by atoms with Gasteiger partial charge in [0.25, 0.3) is 6.43 Å². The van der Waals surface area contributed by atoms with Crippen LogP contribution < -0.4 is 11.1 Å². The number of nitrogens with one attached hydrogen (secondary N) is 1. The summed E-state index contributed by atoms with van der Waals surface area (Å²) in [5.74, 6) is 0. The summed E-state index contributed by atoms with van der Waals surface area (Å²) in [5, 5.41) is 1.90. The summed E-state index contributed by atoms with van der Waals surface area (Å²) in [6.07, 6.45) is -7.33.